The Bertz CT molecular complexity index is 219. The van der Waals surface area contributed by atoms with Gasteiger partial charge in [-0.2, -0.15) is 0 Å². The van der Waals surface area contributed by atoms with Gasteiger partial charge in [-0.15, -0.1) is 0 Å². The summed E-state index contributed by atoms with van der Waals surface area (Å²) >= 11 is 0. The number of rotatable bonds is 0. The molecule has 2 atom stereocenters. The lowest BCUT2D eigenvalue weighted by Gasteiger charge is -2.23. The molecular weight excluding hydrogens is 138 g/mol. The number of fused-ring (bicyclic) bond motifs is 1. The summed E-state index contributed by atoms with van der Waals surface area (Å²) in [6.45, 7) is 0. The Morgan fingerprint density at radius 3 is 2.55 bits per heavy atom. The summed E-state index contributed by atoms with van der Waals surface area (Å²) in [6.07, 6.45) is 4.76. The van der Waals surface area contributed by atoms with Crippen LogP contribution in [0.4, 0.5) is 0 Å². The number of nitrogens with zero attached hydrogens (tertiary/aromatic N) is 1. The van der Waals surface area contributed by atoms with Crippen LogP contribution in [-0.4, -0.2) is 11.7 Å². The van der Waals surface area contributed by atoms with Crippen molar-refractivity contribution >= 4 is 11.7 Å². The first-order valence-electron chi connectivity index (χ1n) is 4.21. The van der Waals surface area contributed by atoms with Gasteiger partial charge in [-0.3, -0.25) is 5.41 Å². The molecule has 60 valence electrons. The molecule has 1 heterocycles. The van der Waals surface area contributed by atoms with Crippen LogP contribution in [0.15, 0.2) is 4.99 Å². The Morgan fingerprint density at radius 1 is 1.27 bits per heavy atom. The zero-order valence-electron chi connectivity index (χ0n) is 6.51. The fourth-order valence-corrected chi connectivity index (χ4v) is 2.12. The molecule has 2 rings (SSSR count). The normalized spacial score (nSPS) is 36.7. The number of aliphatic imine (C=N–C) groups is 1. The minimum atomic E-state index is 0.365. The molecule has 0 bridgehead atoms. The van der Waals surface area contributed by atoms with Gasteiger partial charge in [0.25, 0.3) is 0 Å². The number of hydrogen-bond acceptors (Lipinski definition) is 2. The molecular formula is C8H13N3. The second kappa shape index (κ2) is 2.32. The molecule has 0 aromatic rings. The first-order chi connectivity index (χ1) is 5.29. The Balaban J connectivity index is 2.21. The maximum Gasteiger partial charge on any atom is 0.126 e. The summed E-state index contributed by atoms with van der Waals surface area (Å²) in [5.74, 6) is 2.01. The van der Waals surface area contributed by atoms with Crippen molar-refractivity contribution in [3.05, 3.63) is 0 Å². The van der Waals surface area contributed by atoms with Gasteiger partial charge in [-0.05, 0) is 12.8 Å². The summed E-state index contributed by atoms with van der Waals surface area (Å²) in [5, 5.41) is 7.54. The highest BCUT2D eigenvalue weighted by atomic mass is 15.0. The second-order valence-corrected chi connectivity index (χ2v) is 3.42. The third kappa shape index (κ3) is 0.951. The van der Waals surface area contributed by atoms with Crippen LogP contribution in [0.1, 0.15) is 25.7 Å². The zero-order chi connectivity index (χ0) is 7.84. The van der Waals surface area contributed by atoms with E-state index >= 15 is 0 Å². The molecule has 0 amide bonds. The van der Waals surface area contributed by atoms with Gasteiger partial charge in [0, 0.05) is 11.8 Å². The molecule has 1 aliphatic carbocycles. The van der Waals surface area contributed by atoms with E-state index in [1.54, 1.807) is 0 Å². The molecule has 0 radical (unpaired) electrons. The molecule has 3 N–H and O–H groups in total. The molecule has 11 heavy (non-hydrogen) atoms. The average molecular weight is 151 g/mol. The monoisotopic (exact) mass is 151 g/mol. The number of nitrogens with one attached hydrogen (secondary N) is 1. The van der Waals surface area contributed by atoms with Crippen molar-refractivity contribution in [1.29, 1.82) is 5.41 Å². The predicted octanol–water partition coefficient (Wildman–Crippen LogP) is 1.14. The van der Waals surface area contributed by atoms with Crippen LogP contribution < -0.4 is 5.73 Å². The average Bonchev–Trinajstić information content (AvgIpc) is 2.30. The van der Waals surface area contributed by atoms with E-state index < -0.39 is 0 Å². The van der Waals surface area contributed by atoms with Crippen molar-refractivity contribution in [2.75, 3.05) is 0 Å². The molecule has 0 unspecified atom stereocenters. The van der Waals surface area contributed by atoms with Crippen LogP contribution in [0.25, 0.3) is 0 Å². The second-order valence-electron chi connectivity index (χ2n) is 3.42. The summed E-state index contributed by atoms with van der Waals surface area (Å²) in [6, 6.07) is 0. The van der Waals surface area contributed by atoms with E-state index in [9.17, 15) is 0 Å². The molecule has 1 saturated carbocycles. The Kier molecular flexibility index (Phi) is 1.44. The third-order valence-corrected chi connectivity index (χ3v) is 2.75. The smallest absolute Gasteiger partial charge is 0.126 e. The van der Waals surface area contributed by atoms with Gasteiger partial charge in [0.05, 0.1) is 0 Å². The quantitative estimate of drug-likeness (QED) is 0.535. The summed E-state index contributed by atoms with van der Waals surface area (Å²) in [4.78, 5) is 4.01. The van der Waals surface area contributed by atoms with Crippen molar-refractivity contribution in [2.45, 2.75) is 25.7 Å². The molecule has 0 aromatic heterocycles. The lowest BCUT2D eigenvalue weighted by Crippen LogP contribution is -2.28. The van der Waals surface area contributed by atoms with Crippen LogP contribution in [0.3, 0.4) is 0 Å². The van der Waals surface area contributed by atoms with E-state index in [0.29, 0.717) is 23.5 Å². The minimum absolute atomic E-state index is 0.365. The van der Waals surface area contributed by atoms with Crippen molar-refractivity contribution < 1.29 is 0 Å². The Morgan fingerprint density at radius 2 is 1.91 bits per heavy atom. The molecule has 3 heteroatoms. The molecule has 0 aromatic carbocycles. The van der Waals surface area contributed by atoms with Gasteiger partial charge in [0.1, 0.15) is 11.7 Å². The molecule has 1 fully saturated rings. The molecule has 3 nitrogen and oxygen atoms in total. The lowest BCUT2D eigenvalue weighted by atomic mass is 9.80. The molecule has 0 saturated heterocycles. The number of amidine groups is 2. The van der Waals surface area contributed by atoms with Gasteiger partial charge in [0.2, 0.25) is 0 Å². The fraction of sp³-hybridized carbons (Fsp3) is 0.750. The highest BCUT2D eigenvalue weighted by Crippen LogP contribution is 2.34. The van der Waals surface area contributed by atoms with E-state index in [0.717, 1.165) is 12.8 Å². The van der Waals surface area contributed by atoms with Crippen LogP contribution in [0.2, 0.25) is 0 Å². The van der Waals surface area contributed by atoms with Gasteiger partial charge in [-0.1, -0.05) is 12.8 Å². The topological polar surface area (TPSA) is 62.2 Å². The third-order valence-electron chi connectivity index (χ3n) is 2.75. The molecule has 1 aliphatic heterocycles. The van der Waals surface area contributed by atoms with E-state index in [2.05, 4.69) is 4.99 Å². The van der Waals surface area contributed by atoms with Crippen molar-refractivity contribution in [3.63, 3.8) is 0 Å². The summed E-state index contributed by atoms with van der Waals surface area (Å²) in [7, 11) is 0. The molecule has 2 aliphatic rings. The Labute approximate surface area is 66.2 Å². The van der Waals surface area contributed by atoms with Crippen LogP contribution in [-0.2, 0) is 0 Å². The number of hydrogen-bond donors (Lipinski definition) is 2. The number of nitrogens with two attached hydrogens (primary N) is 1. The maximum atomic E-state index is 7.54. The first kappa shape index (κ1) is 6.83. The standard InChI is InChI=1S/C8H13N3/c9-7-5-3-1-2-4-6(5)8(10)11-7/h5-6H,1-4H2,(H3,9,10,11)/t5-,6+. The van der Waals surface area contributed by atoms with E-state index in [1.807, 2.05) is 0 Å². The van der Waals surface area contributed by atoms with Crippen LogP contribution in [0, 0.1) is 17.2 Å². The van der Waals surface area contributed by atoms with Crippen LogP contribution >= 0.6 is 0 Å². The lowest BCUT2D eigenvalue weighted by molar-refractivity contribution is 0.382. The highest BCUT2D eigenvalue weighted by Gasteiger charge is 2.35. The largest absolute Gasteiger partial charge is 0.387 e. The van der Waals surface area contributed by atoms with Crippen molar-refractivity contribution in [2.24, 2.45) is 22.6 Å². The van der Waals surface area contributed by atoms with Gasteiger partial charge < -0.3 is 5.73 Å². The van der Waals surface area contributed by atoms with E-state index in [4.69, 9.17) is 11.1 Å². The fourth-order valence-electron chi connectivity index (χ4n) is 2.12. The molecule has 0 spiro atoms. The predicted molar refractivity (Wildman–Crippen MR) is 44.8 cm³/mol. The van der Waals surface area contributed by atoms with Crippen molar-refractivity contribution in [3.8, 4) is 0 Å². The van der Waals surface area contributed by atoms with Gasteiger partial charge in [0.15, 0.2) is 0 Å². The Hall–Kier alpha value is -0.860. The SMILES string of the molecule is N=C1N=C(N)[C@@H]2CCCC[C@H]12. The zero-order valence-corrected chi connectivity index (χ0v) is 6.51. The van der Waals surface area contributed by atoms with Gasteiger partial charge >= 0.3 is 0 Å². The maximum absolute atomic E-state index is 7.54. The first-order valence-corrected chi connectivity index (χ1v) is 4.21. The van der Waals surface area contributed by atoms with Crippen LogP contribution in [0.5, 0.6) is 0 Å². The summed E-state index contributed by atoms with van der Waals surface area (Å²) < 4.78 is 0. The van der Waals surface area contributed by atoms with E-state index in [-0.39, 0.29) is 0 Å². The minimum Gasteiger partial charge on any atom is -0.387 e. The van der Waals surface area contributed by atoms with Gasteiger partial charge in [-0.25, -0.2) is 4.99 Å². The van der Waals surface area contributed by atoms with Crippen molar-refractivity contribution in [1.82, 2.24) is 0 Å². The highest BCUT2D eigenvalue weighted by molar-refractivity contribution is 6.04. The van der Waals surface area contributed by atoms with E-state index in [1.165, 1.54) is 12.8 Å². The summed E-state index contributed by atoms with van der Waals surface area (Å²) in [5.41, 5.74) is 5.69.